The van der Waals surface area contributed by atoms with Gasteiger partial charge in [0, 0.05) is 31.1 Å². The number of likely N-dealkylation sites (N-methyl/N-ethyl adjacent to an activating group) is 1. The lowest BCUT2D eigenvalue weighted by Crippen LogP contribution is -2.63. The fraction of sp³-hybridized carbons (Fsp3) is 0.833. The zero-order chi connectivity index (χ0) is 21.0. The van der Waals surface area contributed by atoms with E-state index in [0.29, 0.717) is 29.7 Å². The van der Waals surface area contributed by atoms with Crippen molar-refractivity contribution in [3.05, 3.63) is 12.2 Å². The molecular weight excluding hydrogens is 362 g/mol. The maximum atomic E-state index is 12.4. The Kier molecular flexibility index (Phi) is 5.23. The molecule has 3 fully saturated rings. The zero-order valence-corrected chi connectivity index (χ0v) is 18.8. The van der Waals surface area contributed by atoms with E-state index in [0.717, 1.165) is 12.3 Å². The molecule has 0 aromatic heterocycles. The Morgan fingerprint density at radius 3 is 2.72 bits per heavy atom. The third-order valence-electron chi connectivity index (χ3n) is 9.05. The largest absolute Gasteiger partial charge is 0.338 e. The first-order chi connectivity index (χ1) is 13.7. The number of carbonyl (C=O) groups is 2. The summed E-state index contributed by atoms with van der Waals surface area (Å²) in [6.07, 6.45) is 11.6. The van der Waals surface area contributed by atoms with Gasteiger partial charge in [-0.15, -0.1) is 0 Å². The molecule has 3 amide bonds. The summed E-state index contributed by atoms with van der Waals surface area (Å²) < 4.78 is 0. The summed E-state index contributed by atoms with van der Waals surface area (Å²) in [5.74, 6) is 2.51. The molecular formula is C24H39N3O2. The Hall–Kier alpha value is -1.52. The van der Waals surface area contributed by atoms with Gasteiger partial charge in [0.1, 0.15) is 0 Å². The molecule has 3 aliphatic carbocycles. The van der Waals surface area contributed by atoms with Gasteiger partial charge < -0.3 is 15.5 Å². The van der Waals surface area contributed by atoms with Crippen LogP contribution in [0.5, 0.6) is 0 Å². The minimum Gasteiger partial charge on any atom is -0.338 e. The maximum Gasteiger partial charge on any atom is 0.314 e. The van der Waals surface area contributed by atoms with E-state index in [1.54, 1.807) is 0 Å². The first-order valence-corrected chi connectivity index (χ1v) is 11.7. The lowest BCUT2D eigenvalue weighted by atomic mass is 9.46. The molecule has 0 saturated heterocycles. The van der Waals surface area contributed by atoms with E-state index in [1.165, 1.54) is 32.1 Å². The molecule has 3 saturated carbocycles. The molecule has 1 heterocycles. The summed E-state index contributed by atoms with van der Waals surface area (Å²) in [6.45, 7) is 9.59. The predicted molar refractivity (Wildman–Crippen MR) is 115 cm³/mol. The highest BCUT2D eigenvalue weighted by molar-refractivity contribution is 5.89. The van der Waals surface area contributed by atoms with Crippen molar-refractivity contribution < 1.29 is 9.59 Å². The second kappa shape index (κ2) is 7.31. The van der Waals surface area contributed by atoms with Gasteiger partial charge in [0.2, 0.25) is 5.91 Å². The minimum atomic E-state index is -0.0668. The highest BCUT2D eigenvalue weighted by atomic mass is 16.2. The van der Waals surface area contributed by atoms with Crippen molar-refractivity contribution in [3.8, 4) is 0 Å². The van der Waals surface area contributed by atoms with E-state index in [1.807, 2.05) is 31.9 Å². The van der Waals surface area contributed by atoms with Gasteiger partial charge in [-0.3, -0.25) is 4.79 Å². The van der Waals surface area contributed by atoms with E-state index >= 15 is 0 Å². The Morgan fingerprint density at radius 2 is 2.00 bits per heavy atom. The van der Waals surface area contributed by atoms with Gasteiger partial charge in [0.25, 0.3) is 0 Å². The van der Waals surface area contributed by atoms with E-state index in [-0.39, 0.29) is 29.4 Å². The van der Waals surface area contributed by atoms with Gasteiger partial charge in [-0.25, -0.2) is 4.79 Å². The van der Waals surface area contributed by atoms with Crippen LogP contribution in [0.4, 0.5) is 4.79 Å². The Balaban J connectivity index is 1.64. The summed E-state index contributed by atoms with van der Waals surface area (Å²) in [4.78, 5) is 26.7. The van der Waals surface area contributed by atoms with E-state index in [4.69, 9.17) is 0 Å². The Morgan fingerprint density at radius 1 is 1.24 bits per heavy atom. The average Bonchev–Trinajstić information content (AvgIpc) is 3.05. The molecule has 4 aliphatic rings. The number of fused-ring (bicyclic) bond motifs is 5. The number of hydrogen-bond donors (Lipinski definition) is 2. The van der Waals surface area contributed by atoms with Crippen LogP contribution in [0.15, 0.2) is 12.2 Å². The number of urea groups is 1. The van der Waals surface area contributed by atoms with E-state index in [2.05, 4.69) is 30.6 Å². The number of amides is 3. The summed E-state index contributed by atoms with van der Waals surface area (Å²) in [5, 5.41) is 6.13. The normalized spacial score (nSPS) is 43.6. The van der Waals surface area contributed by atoms with E-state index in [9.17, 15) is 9.59 Å². The highest BCUT2D eigenvalue weighted by Gasteiger charge is 2.60. The van der Waals surface area contributed by atoms with Gasteiger partial charge in [-0.1, -0.05) is 26.3 Å². The van der Waals surface area contributed by atoms with Crippen LogP contribution in [0.3, 0.4) is 0 Å². The van der Waals surface area contributed by atoms with Crippen molar-refractivity contribution in [1.29, 1.82) is 0 Å². The van der Waals surface area contributed by atoms with Crippen LogP contribution in [0.2, 0.25) is 0 Å². The number of carbonyl (C=O) groups excluding carboxylic acids is 2. The van der Waals surface area contributed by atoms with Crippen molar-refractivity contribution in [2.45, 2.75) is 78.3 Å². The van der Waals surface area contributed by atoms with E-state index < -0.39 is 0 Å². The third-order valence-corrected chi connectivity index (χ3v) is 9.05. The van der Waals surface area contributed by atoms with Gasteiger partial charge in [-0.05, 0) is 81.1 Å². The monoisotopic (exact) mass is 401 g/mol. The van der Waals surface area contributed by atoms with Gasteiger partial charge >= 0.3 is 6.03 Å². The fourth-order valence-corrected chi connectivity index (χ4v) is 7.60. The molecule has 2 N–H and O–H groups in total. The van der Waals surface area contributed by atoms with Crippen LogP contribution in [-0.2, 0) is 4.79 Å². The number of nitrogens with zero attached hydrogens (tertiary/aromatic N) is 1. The van der Waals surface area contributed by atoms with Crippen molar-refractivity contribution in [2.75, 3.05) is 13.6 Å². The number of nitrogens with one attached hydrogen (secondary N) is 2. The standard InChI is InChI=1S/C24H39N3O2/c1-15(2)26-22(29)25-14-16-13-19-24(4,12-9-20(28)27(19)5)18-8-11-23(3)10-6-7-17(23)21(16)18/h9,12,15-19,21H,6-8,10-11,13-14H2,1-5H3,(H2,25,26,29)/t16?,17-,18+,19?,21-,23-,24+/m0/s1. The van der Waals surface area contributed by atoms with Crippen molar-refractivity contribution in [1.82, 2.24) is 15.5 Å². The zero-order valence-electron chi connectivity index (χ0n) is 18.8. The molecule has 0 radical (unpaired) electrons. The molecule has 2 unspecified atom stereocenters. The smallest absolute Gasteiger partial charge is 0.314 e. The summed E-state index contributed by atoms with van der Waals surface area (Å²) in [5.41, 5.74) is 0.511. The second-order valence-electron chi connectivity index (χ2n) is 11.0. The van der Waals surface area contributed by atoms with Crippen LogP contribution in [0, 0.1) is 34.5 Å². The molecule has 0 bridgehead atoms. The van der Waals surface area contributed by atoms with Crippen LogP contribution >= 0.6 is 0 Å². The SMILES string of the molecule is CC(C)NC(=O)NCC1CC2N(C)C(=O)C=C[C@]2(C)[C@@H]2CC[C@]3(C)CCC[C@H]3[C@H]12. The third kappa shape index (κ3) is 3.38. The topological polar surface area (TPSA) is 61.4 Å². The molecule has 5 nitrogen and oxygen atoms in total. The Labute approximate surface area is 176 Å². The first kappa shape index (κ1) is 20.7. The lowest BCUT2D eigenvalue weighted by molar-refractivity contribution is -0.143. The summed E-state index contributed by atoms with van der Waals surface area (Å²) in [7, 11) is 1.97. The molecule has 5 heteroatoms. The molecule has 1 aliphatic heterocycles. The van der Waals surface area contributed by atoms with Crippen LogP contribution in [0.25, 0.3) is 0 Å². The minimum absolute atomic E-state index is 0.0495. The quantitative estimate of drug-likeness (QED) is 0.752. The lowest BCUT2D eigenvalue weighted by Gasteiger charge is -2.62. The first-order valence-electron chi connectivity index (χ1n) is 11.7. The Bertz CT molecular complexity index is 704. The molecule has 29 heavy (non-hydrogen) atoms. The fourth-order valence-electron chi connectivity index (χ4n) is 7.60. The molecule has 0 aromatic rings. The van der Waals surface area contributed by atoms with Crippen molar-refractivity contribution in [3.63, 3.8) is 0 Å². The molecule has 4 rings (SSSR count). The van der Waals surface area contributed by atoms with Crippen molar-refractivity contribution in [2.24, 2.45) is 34.5 Å². The number of hydrogen-bond acceptors (Lipinski definition) is 2. The van der Waals surface area contributed by atoms with Crippen LogP contribution in [-0.4, -0.2) is 42.5 Å². The summed E-state index contributed by atoms with van der Waals surface area (Å²) in [6, 6.07) is 0.298. The second-order valence-corrected chi connectivity index (χ2v) is 11.0. The molecule has 162 valence electrons. The number of rotatable bonds is 3. The van der Waals surface area contributed by atoms with Crippen LogP contribution < -0.4 is 10.6 Å². The average molecular weight is 402 g/mol. The molecule has 0 spiro atoms. The van der Waals surface area contributed by atoms with Gasteiger partial charge in [0.15, 0.2) is 0 Å². The van der Waals surface area contributed by atoms with Gasteiger partial charge in [0.05, 0.1) is 0 Å². The highest BCUT2D eigenvalue weighted by Crippen LogP contribution is 2.65. The maximum absolute atomic E-state index is 12.4. The van der Waals surface area contributed by atoms with Crippen molar-refractivity contribution >= 4 is 11.9 Å². The molecule has 0 aromatic carbocycles. The predicted octanol–water partition coefficient (Wildman–Crippen LogP) is 3.95. The molecule has 7 atom stereocenters. The van der Waals surface area contributed by atoms with Crippen LogP contribution in [0.1, 0.15) is 66.2 Å². The summed E-state index contributed by atoms with van der Waals surface area (Å²) >= 11 is 0. The van der Waals surface area contributed by atoms with Gasteiger partial charge in [-0.2, -0.15) is 0 Å².